The number of benzene rings is 2. The molecule has 0 amide bonds. The molecule has 0 atom stereocenters. The van der Waals surface area contributed by atoms with Crippen LogP contribution in [0, 0.1) is 0 Å². The Bertz CT molecular complexity index is 779. The van der Waals surface area contributed by atoms with E-state index in [4.69, 9.17) is 27.9 Å². The van der Waals surface area contributed by atoms with E-state index >= 15 is 0 Å². The van der Waals surface area contributed by atoms with Crippen LogP contribution < -0.4 is 4.74 Å². The number of ether oxygens (including phenoxy) is 1. The molecule has 0 aliphatic carbocycles. The number of sulfonamides is 1. The molecule has 124 valence electrons. The summed E-state index contributed by atoms with van der Waals surface area (Å²) in [4.78, 5) is -0.0252. The largest absolute Gasteiger partial charge is 0.495 e. The fourth-order valence-corrected chi connectivity index (χ4v) is 4.42. The second kappa shape index (κ2) is 7.53. The summed E-state index contributed by atoms with van der Waals surface area (Å²) >= 11 is 12.2. The fraction of sp³-hybridized carbons (Fsp3) is 0.250. The molecule has 0 radical (unpaired) electrons. The van der Waals surface area contributed by atoms with Gasteiger partial charge in [-0.25, -0.2) is 8.42 Å². The van der Waals surface area contributed by atoms with Gasteiger partial charge in [-0.05, 0) is 11.6 Å². The zero-order chi connectivity index (χ0) is 17.0. The summed E-state index contributed by atoms with van der Waals surface area (Å²) in [6.07, 6.45) is 0. The van der Waals surface area contributed by atoms with E-state index in [0.29, 0.717) is 12.3 Å². The van der Waals surface area contributed by atoms with Crippen LogP contribution in [-0.2, 0) is 16.6 Å². The Morgan fingerprint density at radius 2 is 1.74 bits per heavy atom. The highest BCUT2D eigenvalue weighted by atomic mass is 35.5. The van der Waals surface area contributed by atoms with Gasteiger partial charge < -0.3 is 4.74 Å². The lowest BCUT2D eigenvalue weighted by atomic mass is 10.2. The summed E-state index contributed by atoms with van der Waals surface area (Å²) in [5.74, 6) is 0.335. The molecule has 0 aliphatic rings. The van der Waals surface area contributed by atoms with Gasteiger partial charge in [-0.3, -0.25) is 0 Å². The molecule has 0 saturated carbocycles. The average Bonchev–Trinajstić information content (AvgIpc) is 2.55. The Labute approximate surface area is 146 Å². The summed E-state index contributed by atoms with van der Waals surface area (Å²) < 4.78 is 32.2. The Hall–Kier alpha value is -1.27. The monoisotopic (exact) mass is 373 g/mol. The van der Waals surface area contributed by atoms with Gasteiger partial charge in [0.2, 0.25) is 10.0 Å². The molecule has 23 heavy (non-hydrogen) atoms. The molecule has 0 fully saturated rings. The third kappa shape index (κ3) is 3.98. The van der Waals surface area contributed by atoms with E-state index in [0.717, 1.165) is 5.56 Å². The van der Waals surface area contributed by atoms with Crippen LogP contribution in [0.4, 0.5) is 0 Å². The van der Waals surface area contributed by atoms with Crippen molar-refractivity contribution in [3.8, 4) is 5.75 Å². The first-order valence-corrected chi connectivity index (χ1v) is 9.16. The summed E-state index contributed by atoms with van der Waals surface area (Å²) in [5, 5.41) is 0.281. The molecule has 0 unspecified atom stereocenters. The van der Waals surface area contributed by atoms with Gasteiger partial charge in [0.15, 0.2) is 0 Å². The molecule has 0 aromatic heterocycles. The highest BCUT2D eigenvalue weighted by Crippen LogP contribution is 2.35. The van der Waals surface area contributed by atoms with E-state index in [-0.39, 0.29) is 21.5 Å². The SMILES string of the molecule is CCN(Cc1ccccc1)S(=O)(=O)c1cc(Cl)c(OC)cc1Cl. The first-order chi connectivity index (χ1) is 10.9. The Balaban J connectivity index is 2.41. The lowest BCUT2D eigenvalue weighted by Gasteiger charge is -2.21. The minimum atomic E-state index is -3.77. The molecule has 0 bridgehead atoms. The predicted octanol–water partition coefficient (Wildman–Crippen LogP) is 4.21. The summed E-state index contributed by atoms with van der Waals surface area (Å²) in [5.41, 5.74) is 0.897. The van der Waals surface area contributed by atoms with Gasteiger partial charge in [0.05, 0.1) is 17.2 Å². The maximum atomic E-state index is 12.9. The molecule has 2 rings (SSSR count). The van der Waals surface area contributed by atoms with E-state index in [1.54, 1.807) is 6.92 Å². The minimum Gasteiger partial charge on any atom is -0.495 e. The van der Waals surface area contributed by atoms with Crippen LogP contribution in [0.3, 0.4) is 0 Å². The number of nitrogens with zero attached hydrogens (tertiary/aromatic N) is 1. The van der Waals surface area contributed by atoms with Crippen molar-refractivity contribution >= 4 is 33.2 Å². The average molecular weight is 374 g/mol. The number of hydrogen-bond donors (Lipinski definition) is 0. The van der Waals surface area contributed by atoms with Crippen molar-refractivity contribution in [2.24, 2.45) is 0 Å². The van der Waals surface area contributed by atoms with E-state index < -0.39 is 10.0 Å². The number of methoxy groups -OCH3 is 1. The Kier molecular flexibility index (Phi) is 5.92. The minimum absolute atomic E-state index is 0.0252. The van der Waals surface area contributed by atoms with Crippen molar-refractivity contribution in [1.29, 1.82) is 0 Å². The van der Waals surface area contributed by atoms with Crippen LogP contribution in [-0.4, -0.2) is 26.4 Å². The molecule has 0 aliphatic heterocycles. The predicted molar refractivity (Wildman–Crippen MR) is 92.7 cm³/mol. The third-order valence-electron chi connectivity index (χ3n) is 3.38. The molecule has 2 aromatic rings. The van der Waals surface area contributed by atoms with Crippen LogP contribution in [0.15, 0.2) is 47.4 Å². The van der Waals surface area contributed by atoms with Gasteiger partial charge in [0, 0.05) is 19.2 Å². The molecule has 4 nitrogen and oxygen atoms in total. The molecular formula is C16H17Cl2NO3S. The zero-order valence-corrected chi connectivity index (χ0v) is 15.1. The van der Waals surface area contributed by atoms with Gasteiger partial charge >= 0.3 is 0 Å². The van der Waals surface area contributed by atoms with Crippen LogP contribution in [0.25, 0.3) is 0 Å². The van der Waals surface area contributed by atoms with Crippen molar-refractivity contribution in [3.63, 3.8) is 0 Å². The van der Waals surface area contributed by atoms with Crippen molar-refractivity contribution in [2.75, 3.05) is 13.7 Å². The lowest BCUT2D eigenvalue weighted by molar-refractivity contribution is 0.413. The summed E-state index contributed by atoms with van der Waals surface area (Å²) in [6.45, 7) is 2.36. The quantitative estimate of drug-likeness (QED) is 0.761. The zero-order valence-electron chi connectivity index (χ0n) is 12.8. The smallest absolute Gasteiger partial charge is 0.244 e. The van der Waals surface area contributed by atoms with E-state index in [1.165, 1.54) is 23.5 Å². The standard InChI is InChI=1S/C16H17Cl2NO3S/c1-3-19(11-12-7-5-4-6-8-12)23(20,21)16-10-13(17)15(22-2)9-14(16)18/h4-10H,3,11H2,1-2H3. The first kappa shape index (κ1) is 18.1. The molecule has 0 saturated heterocycles. The van der Waals surface area contributed by atoms with E-state index in [9.17, 15) is 8.42 Å². The number of hydrogen-bond acceptors (Lipinski definition) is 3. The van der Waals surface area contributed by atoms with Gasteiger partial charge in [-0.15, -0.1) is 0 Å². The highest BCUT2D eigenvalue weighted by Gasteiger charge is 2.27. The van der Waals surface area contributed by atoms with Gasteiger partial charge in [0.1, 0.15) is 10.6 Å². The third-order valence-corrected chi connectivity index (χ3v) is 6.06. The second-order valence-electron chi connectivity index (χ2n) is 4.83. The molecule has 0 spiro atoms. The summed E-state index contributed by atoms with van der Waals surface area (Å²) in [6, 6.07) is 12.1. The van der Waals surface area contributed by atoms with Crippen molar-refractivity contribution in [1.82, 2.24) is 4.31 Å². The van der Waals surface area contributed by atoms with Gasteiger partial charge in [0.25, 0.3) is 0 Å². The lowest BCUT2D eigenvalue weighted by Crippen LogP contribution is -2.30. The van der Waals surface area contributed by atoms with Crippen molar-refractivity contribution in [2.45, 2.75) is 18.4 Å². The first-order valence-electron chi connectivity index (χ1n) is 6.97. The van der Waals surface area contributed by atoms with Crippen molar-refractivity contribution < 1.29 is 13.2 Å². The van der Waals surface area contributed by atoms with Crippen LogP contribution >= 0.6 is 23.2 Å². The topological polar surface area (TPSA) is 46.6 Å². The second-order valence-corrected chi connectivity index (χ2v) is 7.55. The maximum Gasteiger partial charge on any atom is 0.244 e. The molecule has 7 heteroatoms. The normalized spacial score (nSPS) is 11.7. The molecule has 2 aromatic carbocycles. The van der Waals surface area contributed by atoms with E-state index in [1.807, 2.05) is 30.3 Å². The Morgan fingerprint density at radius 1 is 1.09 bits per heavy atom. The van der Waals surface area contributed by atoms with Gasteiger partial charge in [-0.2, -0.15) is 4.31 Å². The van der Waals surface area contributed by atoms with Crippen LogP contribution in [0.1, 0.15) is 12.5 Å². The molecular weight excluding hydrogens is 357 g/mol. The van der Waals surface area contributed by atoms with Crippen LogP contribution in [0.5, 0.6) is 5.75 Å². The summed E-state index contributed by atoms with van der Waals surface area (Å²) in [7, 11) is -2.32. The highest BCUT2D eigenvalue weighted by molar-refractivity contribution is 7.89. The Morgan fingerprint density at radius 3 is 2.30 bits per heavy atom. The fourth-order valence-electron chi connectivity index (χ4n) is 2.16. The van der Waals surface area contributed by atoms with Crippen molar-refractivity contribution in [3.05, 3.63) is 58.1 Å². The van der Waals surface area contributed by atoms with Gasteiger partial charge in [-0.1, -0.05) is 60.5 Å². The maximum absolute atomic E-state index is 12.9. The molecule has 0 N–H and O–H groups in total. The van der Waals surface area contributed by atoms with E-state index in [2.05, 4.69) is 0 Å². The number of rotatable bonds is 6. The van der Waals surface area contributed by atoms with Crippen LogP contribution in [0.2, 0.25) is 10.0 Å². The molecule has 0 heterocycles. The number of halogens is 2.